The molecule has 96 valence electrons. The predicted molar refractivity (Wildman–Crippen MR) is 72.2 cm³/mol. The summed E-state index contributed by atoms with van der Waals surface area (Å²) in [5.41, 5.74) is 1.45. The van der Waals surface area contributed by atoms with Crippen LogP contribution in [0.4, 0.5) is 0 Å². The van der Waals surface area contributed by atoms with Crippen LogP contribution in [0.1, 0.15) is 31.2 Å². The molecule has 2 nitrogen and oxygen atoms in total. The third-order valence-electron chi connectivity index (χ3n) is 4.63. The molecule has 1 atom stereocenters. The molecule has 1 heterocycles. The molecule has 0 spiro atoms. The zero-order valence-corrected chi connectivity index (χ0v) is 10.8. The monoisotopic (exact) mass is 243 g/mol. The van der Waals surface area contributed by atoms with Crippen LogP contribution in [0.25, 0.3) is 0 Å². The van der Waals surface area contributed by atoms with Crippen LogP contribution in [0, 0.1) is 11.3 Å². The first-order valence-electron chi connectivity index (χ1n) is 7.05. The molecule has 2 heteroatoms. The molecule has 0 N–H and O–H groups in total. The Balaban J connectivity index is 1.62. The number of carbonyl (C=O) groups is 1. The van der Waals surface area contributed by atoms with Crippen molar-refractivity contribution >= 4 is 6.29 Å². The zero-order chi connectivity index (χ0) is 12.4. The molecule has 0 aromatic heterocycles. The quantitative estimate of drug-likeness (QED) is 0.758. The van der Waals surface area contributed by atoms with E-state index in [0.717, 1.165) is 25.9 Å². The van der Waals surface area contributed by atoms with E-state index in [9.17, 15) is 4.79 Å². The van der Waals surface area contributed by atoms with Crippen molar-refractivity contribution in [1.29, 1.82) is 0 Å². The van der Waals surface area contributed by atoms with E-state index in [-0.39, 0.29) is 5.41 Å². The first-order chi connectivity index (χ1) is 8.82. The molecule has 18 heavy (non-hydrogen) atoms. The van der Waals surface area contributed by atoms with Crippen molar-refractivity contribution in [2.75, 3.05) is 13.1 Å². The number of rotatable bonds is 4. The summed E-state index contributed by atoms with van der Waals surface area (Å²) in [5.74, 6) is 0.604. The van der Waals surface area contributed by atoms with Gasteiger partial charge in [0.25, 0.3) is 0 Å². The molecular weight excluding hydrogens is 222 g/mol. The molecule has 1 unspecified atom stereocenters. The number of benzene rings is 1. The molecule has 1 saturated carbocycles. The van der Waals surface area contributed by atoms with Crippen molar-refractivity contribution in [3.63, 3.8) is 0 Å². The second-order valence-electron chi connectivity index (χ2n) is 5.91. The van der Waals surface area contributed by atoms with E-state index in [4.69, 9.17) is 0 Å². The highest BCUT2D eigenvalue weighted by atomic mass is 16.1. The van der Waals surface area contributed by atoms with Gasteiger partial charge in [0, 0.05) is 18.5 Å². The molecule has 1 saturated heterocycles. The first kappa shape index (κ1) is 11.9. The fraction of sp³-hybridized carbons (Fsp3) is 0.562. The predicted octanol–water partition coefficient (Wildman–Crippen LogP) is 2.88. The molecule has 0 amide bonds. The van der Waals surface area contributed by atoms with Crippen molar-refractivity contribution in [2.24, 2.45) is 11.3 Å². The second-order valence-corrected chi connectivity index (χ2v) is 5.91. The van der Waals surface area contributed by atoms with Gasteiger partial charge in [0.05, 0.1) is 0 Å². The number of hydrogen-bond donors (Lipinski definition) is 0. The Labute approximate surface area is 109 Å². The summed E-state index contributed by atoms with van der Waals surface area (Å²) in [5, 5.41) is 0. The normalized spacial score (nSPS) is 26.8. The van der Waals surface area contributed by atoms with Gasteiger partial charge in [0.1, 0.15) is 6.29 Å². The number of hydrogen-bond acceptors (Lipinski definition) is 2. The smallest absolute Gasteiger partial charge is 0.126 e. The topological polar surface area (TPSA) is 20.3 Å². The Hall–Kier alpha value is -1.15. The second kappa shape index (κ2) is 4.85. The van der Waals surface area contributed by atoms with E-state index in [1.165, 1.54) is 31.2 Å². The third kappa shape index (κ3) is 2.35. The number of carbonyl (C=O) groups excluding carboxylic acids is 1. The number of piperidine rings is 1. The molecule has 2 aliphatic rings. The maximum absolute atomic E-state index is 11.2. The van der Waals surface area contributed by atoms with Crippen molar-refractivity contribution < 1.29 is 4.79 Å². The molecular formula is C16H21NO. The van der Waals surface area contributed by atoms with Crippen LogP contribution in [0.15, 0.2) is 30.3 Å². The summed E-state index contributed by atoms with van der Waals surface area (Å²) in [6.45, 7) is 3.32. The van der Waals surface area contributed by atoms with Gasteiger partial charge in [-0.25, -0.2) is 0 Å². The van der Waals surface area contributed by atoms with E-state index in [0.29, 0.717) is 5.92 Å². The summed E-state index contributed by atoms with van der Waals surface area (Å²) in [7, 11) is 0. The lowest BCUT2D eigenvalue weighted by molar-refractivity contribution is -0.114. The Morgan fingerprint density at radius 1 is 1.28 bits per heavy atom. The van der Waals surface area contributed by atoms with Crippen LogP contribution in [-0.4, -0.2) is 24.3 Å². The largest absolute Gasteiger partial charge is 0.303 e. The number of nitrogens with zero attached hydrogens (tertiary/aromatic N) is 1. The van der Waals surface area contributed by atoms with Gasteiger partial charge < -0.3 is 4.79 Å². The van der Waals surface area contributed by atoms with Gasteiger partial charge in [0.2, 0.25) is 0 Å². The lowest BCUT2D eigenvalue weighted by Gasteiger charge is -2.35. The molecule has 1 aliphatic carbocycles. The molecule has 2 fully saturated rings. The van der Waals surface area contributed by atoms with Crippen molar-refractivity contribution in [2.45, 2.75) is 32.2 Å². The first-order valence-corrected chi connectivity index (χ1v) is 7.05. The fourth-order valence-corrected chi connectivity index (χ4v) is 3.28. The van der Waals surface area contributed by atoms with E-state index < -0.39 is 0 Å². The van der Waals surface area contributed by atoms with Gasteiger partial charge in [-0.2, -0.15) is 0 Å². The Kier molecular flexibility index (Phi) is 3.21. The summed E-state index contributed by atoms with van der Waals surface area (Å²) in [6, 6.07) is 10.6. The molecule has 3 rings (SSSR count). The van der Waals surface area contributed by atoms with Gasteiger partial charge in [0.15, 0.2) is 0 Å². The average Bonchev–Trinajstić information content (AvgIpc) is 3.21. The minimum atomic E-state index is 0.0648. The van der Waals surface area contributed by atoms with E-state index in [1.807, 2.05) is 0 Å². The van der Waals surface area contributed by atoms with Crippen molar-refractivity contribution in [1.82, 2.24) is 4.90 Å². The van der Waals surface area contributed by atoms with Crippen molar-refractivity contribution in [3.05, 3.63) is 35.9 Å². The van der Waals surface area contributed by atoms with Gasteiger partial charge in [-0.1, -0.05) is 30.3 Å². The zero-order valence-electron chi connectivity index (χ0n) is 10.8. The van der Waals surface area contributed by atoms with Crippen LogP contribution < -0.4 is 0 Å². The molecule has 1 aliphatic heterocycles. The van der Waals surface area contributed by atoms with Crippen molar-refractivity contribution in [3.8, 4) is 0 Å². The molecule has 0 bridgehead atoms. The van der Waals surface area contributed by atoms with E-state index in [1.54, 1.807) is 0 Å². The third-order valence-corrected chi connectivity index (χ3v) is 4.63. The standard InChI is InChI=1S/C16H21NO/c18-13-16(8-9-16)15-7-4-10-17(12-15)11-14-5-2-1-3-6-14/h1-3,5-6,13,15H,4,7-12H2. The van der Waals surface area contributed by atoms with Crippen LogP contribution in [-0.2, 0) is 11.3 Å². The maximum Gasteiger partial charge on any atom is 0.126 e. The molecule has 0 radical (unpaired) electrons. The van der Waals surface area contributed by atoms with Gasteiger partial charge in [-0.15, -0.1) is 0 Å². The minimum absolute atomic E-state index is 0.0648. The number of likely N-dealkylation sites (tertiary alicyclic amines) is 1. The Morgan fingerprint density at radius 2 is 2.06 bits per heavy atom. The van der Waals surface area contributed by atoms with Crippen LogP contribution in [0.2, 0.25) is 0 Å². The van der Waals surface area contributed by atoms with Crippen LogP contribution in [0.5, 0.6) is 0 Å². The Bertz CT molecular complexity index is 410. The van der Waals surface area contributed by atoms with Crippen LogP contribution in [0.3, 0.4) is 0 Å². The van der Waals surface area contributed by atoms with Gasteiger partial charge in [-0.05, 0) is 43.7 Å². The highest BCUT2D eigenvalue weighted by Crippen LogP contribution is 2.52. The summed E-state index contributed by atoms with van der Waals surface area (Å²) >= 11 is 0. The minimum Gasteiger partial charge on any atom is -0.303 e. The van der Waals surface area contributed by atoms with Gasteiger partial charge >= 0.3 is 0 Å². The average molecular weight is 243 g/mol. The maximum atomic E-state index is 11.2. The van der Waals surface area contributed by atoms with E-state index in [2.05, 4.69) is 35.2 Å². The Morgan fingerprint density at radius 3 is 2.72 bits per heavy atom. The van der Waals surface area contributed by atoms with E-state index >= 15 is 0 Å². The molecule has 1 aromatic rings. The summed E-state index contributed by atoms with van der Waals surface area (Å²) in [4.78, 5) is 13.8. The highest BCUT2D eigenvalue weighted by molar-refractivity contribution is 5.64. The molecule has 1 aromatic carbocycles. The summed E-state index contributed by atoms with van der Waals surface area (Å²) < 4.78 is 0. The lowest BCUT2D eigenvalue weighted by atomic mass is 9.83. The number of aldehydes is 1. The lowest BCUT2D eigenvalue weighted by Crippen LogP contribution is -2.39. The fourth-order valence-electron chi connectivity index (χ4n) is 3.28. The SMILES string of the molecule is O=CC1(C2CCCN(Cc3ccccc3)C2)CC1. The highest BCUT2D eigenvalue weighted by Gasteiger charge is 2.49. The summed E-state index contributed by atoms with van der Waals surface area (Å²) in [6.07, 6.45) is 5.97. The van der Waals surface area contributed by atoms with Crippen LogP contribution >= 0.6 is 0 Å². The van der Waals surface area contributed by atoms with Gasteiger partial charge in [-0.3, -0.25) is 4.90 Å².